The fourth-order valence-corrected chi connectivity index (χ4v) is 4.49. The van der Waals surface area contributed by atoms with E-state index in [2.05, 4.69) is 56.7 Å². The SMILES string of the molecule is CCNC(=NCCCn1c(C)nc2ccccc21)N1CCC(N2CCOCC2)C1. The van der Waals surface area contributed by atoms with Crippen LogP contribution in [0.5, 0.6) is 0 Å². The van der Waals surface area contributed by atoms with Gasteiger partial charge in [-0.15, -0.1) is 0 Å². The summed E-state index contributed by atoms with van der Waals surface area (Å²) >= 11 is 0. The van der Waals surface area contributed by atoms with Crippen LogP contribution in [-0.4, -0.2) is 83.8 Å². The first-order valence-corrected chi connectivity index (χ1v) is 11.0. The fraction of sp³-hybridized carbons (Fsp3) is 0.636. The lowest BCUT2D eigenvalue weighted by Gasteiger charge is -2.32. The van der Waals surface area contributed by atoms with Crippen LogP contribution in [0.2, 0.25) is 0 Å². The third-order valence-electron chi connectivity index (χ3n) is 6.01. The van der Waals surface area contributed by atoms with Gasteiger partial charge in [0.25, 0.3) is 0 Å². The van der Waals surface area contributed by atoms with E-state index in [1.165, 1.54) is 11.9 Å². The summed E-state index contributed by atoms with van der Waals surface area (Å²) in [6.45, 7) is 12.9. The van der Waals surface area contributed by atoms with Crippen LogP contribution in [0.25, 0.3) is 11.0 Å². The number of guanidine groups is 1. The molecule has 2 aliphatic heterocycles. The van der Waals surface area contributed by atoms with E-state index in [0.717, 1.165) is 82.7 Å². The minimum Gasteiger partial charge on any atom is -0.379 e. The summed E-state index contributed by atoms with van der Waals surface area (Å²) in [6, 6.07) is 8.99. The number of rotatable bonds is 6. The molecule has 29 heavy (non-hydrogen) atoms. The van der Waals surface area contributed by atoms with Crippen LogP contribution >= 0.6 is 0 Å². The minimum absolute atomic E-state index is 0.628. The van der Waals surface area contributed by atoms with Gasteiger partial charge < -0.3 is 19.5 Å². The molecule has 2 aliphatic rings. The van der Waals surface area contributed by atoms with Crippen molar-refractivity contribution in [1.29, 1.82) is 0 Å². The van der Waals surface area contributed by atoms with E-state index in [4.69, 9.17) is 9.73 Å². The average Bonchev–Trinajstić information content (AvgIpc) is 3.36. The van der Waals surface area contributed by atoms with Crippen molar-refractivity contribution in [1.82, 2.24) is 24.7 Å². The van der Waals surface area contributed by atoms with Crippen LogP contribution in [0.4, 0.5) is 0 Å². The molecule has 2 saturated heterocycles. The van der Waals surface area contributed by atoms with E-state index in [9.17, 15) is 0 Å². The Kier molecular flexibility index (Phi) is 6.67. The van der Waals surface area contributed by atoms with Gasteiger partial charge in [0.1, 0.15) is 5.82 Å². The number of nitrogens with zero attached hydrogens (tertiary/aromatic N) is 5. The highest BCUT2D eigenvalue weighted by molar-refractivity contribution is 5.80. The maximum atomic E-state index is 5.51. The van der Waals surface area contributed by atoms with Gasteiger partial charge in [0.15, 0.2) is 5.96 Å². The molecule has 158 valence electrons. The summed E-state index contributed by atoms with van der Waals surface area (Å²) in [6.07, 6.45) is 2.22. The Morgan fingerprint density at radius 3 is 2.90 bits per heavy atom. The zero-order chi connectivity index (χ0) is 20.1. The topological polar surface area (TPSA) is 57.9 Å². The van der Waals surface area contributed by atoms with Gasteiger partial charge in [-0.1, -0.05) is 12.1 Å². The molecule has 0 radical (unpaired) electrons. The van der Waals surface area contributed by atoms with Crippen LogP contribution in [0.15, 0.2) is 29.3 Å². The molecule has 1 atom stereocenters. The summed E-state index contributed by atoms with van der Waals surface area (Å²) < 4.78 is 7.81. The van der Waals surface area contributed by atoms with E-state index in [-0.39, 0.29) is 0 Å². The van der Waals surface area contributed by atoms with Gasteiger partial charge in [-0.25, -0.2) is 4.98 Å². The highest BCUT2D eigenvalue weighted by atomic mass is 16.5. The molecule has 0 amide bonds. The smallest absolute Gasteiger partial charge is 0.193 e. The number of nitrogens with one attached hydrogen (secondary N) is 1. The molecule has 3 heterocycles. The Bertz CT molecular complexity index is 826. The molecule has 1 aromatic carbocycles. The van der Waals surface area contributed by atoms with Gasteiger partial charge in [0, 0.05) is 51.9 Å². The number of hydrogen-bond donors (Lipinski definition) is 1. The molecule has 2 fully saturated rings. The number of aliphatic imine (C=N–C) groups is 1. The lowest BCUT2D eigenvalue weighted by atomic mass is 10.2. The number of benzene rings is 1. The van der Waals surface area contributed by atoms with Gasteiger partial charge in [-0.3, -0.25) is 9.89 Å². The standard InChI is InChI=1S/C22H34N6O/c1-3-23-22(27-12-9-19(17-27)26-13-15-29-16-14-26)24-10-6-11-28-18(2)25-20-7-4-5-8-21(20)28/h4-5,7-8,19H,3,6,9-17H2,1-2H3,(H,23,24). The molecule has 7 heteroatoms. The van der Waals surface area contributed by atoms with E-state index in [1.54, 1.807) is 0 Å². The van der Waals surface area contributed by atoms with Crippen molar-refractivity contribution >= 4 is 17.0 Å². The van der Waals surface area contributed by atoms with Crippen molar-refractivity contribution in [2.75, 3.05) is 52.5 Å². The second-order valence-electron chi connectivity index (χ2n) is 7.93. The van der Waals surface area contributed by atoms with Crippen LogP contribution < -0.4 is 5.32 Å². The molecule has 0 bridgehead atoms. The molecule has 0 aliphatic carbocycles. The van der Waals surface area contributed by atoms with Crippen LogP contribution in [0.1, 0.15) is 25.6 Å². The van der Waals surface area contributed by atoms with Crippen LogP contribution in [0.3, 0.4) is 0 Å². The summed E-state index contributed by atoms with van der Waals surface area (Å²) in [7, 11) is 0. The summed E-state index contributed by atoms with van der Waals surface area (Å²) in [5.41, 5.74) is 2.29. The van der Waals surface area contributed by atoms with Crippen molar-refractivity contribution in [2.24, 2.45) is 4.99 Å². The van der Waals surface area contributed by atoms with E-state index < -0.39 is 0 Å². The first-order chi connectivity index (χ1) is 14.3. The van der Waals surface area contributed by atoms with Crippen LogP contribution in [0, 0.1) is 6.92 Å². The number of morpholine rings is 1. The molecule has 0 saturated carbocycles. The number of ether oxygens (including phenoxy) is 1. The highest BCUT2D eigenvalue weighted by Crippen LogP contribution is 2.18. The second kappa shape index (κ2) is 9.59. The predicted octanol–water partition coefficient (Wildman–Crippen LogP) is 2.11. The first kappa shape index (κ1) is 20.2. The molecule has 1 N–H and O–H groups in total. The van der Waals surface area contributed by atoms with Gasteiger partial charge in [0.2, 0.25) is 0 Å². The normalized spacial score (nSPS) is 21.2. The Hall–Kier alpha value is -2.12. The van der Waals surface area contributed by atoms with Crippen molar-refractivity contribution < 1.29 is 4.74 Å². The molecular weight excluding hydrogens is 364 g/mol. The second-order valence-corrected chi connectivity index (χ2v) is 7.93. The minimum atomic E-state index is 0.628. The number of hydrogen-bond acceptors (Lipinski definition) is 4. The number of likely N-dealkylation sites (tertiary alicyclic amines) is 1. The Balaban J connectivity index is 1.33. The molecule has 7 nitrogen and oxygen atoms in total. The average molecular weight is 399 g/mol. The largest absolute Gasteiger partial charge is 0.379 e. The predicted molar refractivity (Wildman–Crippen MR) is 117 cm³/mol. The van der Waals surface area contributed by atoms with Gasteiger partial charge in [-0.05, 0) is 38.8 Å². The van der Waals surface area contributed by atoms with E-state index in [1.807, 2.05) is 6.07 Å². The van der Waals surface area contributed by atoms with Crippen molar-refractivity contribution in [2.45, 2.75) is 39.3 Å². The van der Waals surface area contributed by atoms with Crippen LogP contribution in [-0.2, 0) is 11.3 Å². The third kappa shape index (κ3) is 4.73. The number of aromatic nitrogens is 2. The maximum Gasteiger partial charge on any atom is 0.193 e. The Morgan fingerprint density at radius 1 is 1.24 bits per heavy atom. The quantitative estimate of drug-likeness (QED) is 0.459. The van der Waals surface area contributed by atoms with Gasteiger partial charge in [0.05, 0.1) is 24.2 Å². The molecule has 1 unspecified atom stereocenters. The first-order valence-electron chi connectivity index (χ1n) is 11.0. The lowest BCUT2D eigenvalue weighted by molar-refractivity contribution is 0.0195. The molecular formula is C22H34N6O. The number of aryl methyl sites for hydroxylation is 2. The third-order valence-corrected chi connectivity index (χ3v) is 6.01. The summed E-state index contributed by atoms with van der Waals surface area (Å²) in [4.78, 5) is 14.6. The number of fused-ring (bicyclic) bond motifs is 1. The monoisotopic (exact) mass is 398 g/mol. The maximum absolute atomic E-state index is 5.51. The highest BCUT2D eigenvalue weighted by Gasteiger charge is 2.30. The van der Waals surface area contributed by atoms with E-state index >= 15 is 0 Å². The van der Waals surface area contributed by atoms with Crippen molar-refractivity contribution in [3.05, 3.63) is 30.1 Å². The Labute approximate surface area is 173 Å². The Morgan fingerprint density at radius 2 is 2.07 bits per heavy atom. The molecule has 4 rings (SSSR count). The lowest BCUT2D eigenvalue weighted by Crippen LogP contribution is -2.46. The molecule has 2 aromatic rings. The zero-order valence-corrected chi connectivity index (χ0v) is 17.8. The van der Waals surface area contributed by atoms with Gasteiger partial charge in [-0.2, -0.15) is 0 Å². The molecule has 0 spiro atoms. The molecule has 1 aromatic heterocycles. The summed E-state index contributed by atoms with van der Waals surface area (Å²) in [5.74, 6) is 2.14. The van der Waals surface area contributed by atoms with E-state index in [0.29, 0.717) is 6.04 Å². The number of imidazole rings is 1. The zero-order valence-electron chi connectivity index (χ0n) is 17.8. The van der Waals surface area contributed by atoms with Gasteiger partial charge >= 0.3 is 0 Å². The number of para-hydroxylation sites is 2. The van der Waals surface area contributed by atoms with Crippen molar-refractivity contribution in [3.8, 4) is 0 Å². The summed E-state index contributed by atoms with van der Waals surface area (Å²) in [5, 5.41) is 3.50. The van der Waals surface area contributed by atoms with Crippen molar-refractivity contribution in [3.63, 3.8) is 0 Å². The fourth-order valence-electron chi connectivity index (χ4n) is 4.49.